The quantitative estimate of drug-likeness (QED) is 0.255. The predicted molar refractivity (Wildman–Crippen MR) is 156 cm³/mol. The van der Waals surface area contributed by atoms with Gasteiger partial charge in [-0.2, -0.15) is 0 Å². The van der Waals surface area contributed by atoms with Gasteiger partial charge in [-0.25, -0.2) is 0 Å². The SMILES string of the molecule is C.C.C.C.C.C.C.C.C.CC(=O)OCCCCCC(=O)[O-].CCC(C)CN.CCC(C)C[NH3+]. The first-order valence-electron chi connectivity index (χ1n) is 9.07. The fourth-order valence-electron chi connectivity index (χ4n) is 1.13. The Morgan fingerprint density at radius 3 is 1.39 bits per heavy atom. The highest BCUT2D eigenvalue weighted by Crippen LogP contribution is 1.99. The number of carboxylic acids is 1. The van der Waals surface area contributed by atoms with Crippen molar-refractivity contribution in [3.05, 3.63) is 0 Å². The summed E-state index contributed by atoms with van der Waals surface area (Å²) in [4.78, 5) is 20.2. The molecule has 0 saturated carbocycles. The smallest absolute Gasteiger partial charge is 0.302 e. The third kappa shape index (κ3) is 102. The largest absolute Gasteiger partial charge is 0.550 e. The van der Waals surface area contributed by atoms with Gasteiger partial charge in [-0.15, -0.1) is 0 Å². The van der Waals surface area contributed by atoms with Gasteiger partial charge in [0.15, 0.2) is 0 Å². The van der Waals surface area contributed by atoms with E-state index in [1.165, 1.54) is 19.8 Å². The van der Waals surface area contributed by atoms with Gasteiger partial charge in [0, 0.05) is 18.8 Å². The van der Waals surface area contributed by atoms with Crippen molar-refractivity contribution in [3.63, 3.8) is 0 Å². The number of aliphatic carboxylic acids is 1. The van der Waals surface area contributed by atoms with E-state index in [-0.39, 0.29) is 79.2 Å². The Balaban J connectivity index is -0.0000000188. The van der Waals surface area contributed by atoms with Crippen LogP contribution in [-0.2, 0) is 14.3 Å². The molecule has 6 heteroatoms. The van der Waals surface area contributed by atoms with Crippen LogP contribution in [0, 0.1) is 11.8 Å². The first-order valence-corrected chi connectivity index (χ1v) is 9.07. The highest BCUT2D eigenvalue weighted by Gasteiger charge is 1.93. The molecule has 0 aliphatic rings. The Kier molecular flexibility index (Phi) is 147. The van der Waals surface area contributed by atoms with Crippen LogP contribution in [0.2, 0.25) is 0 Å². The summed E-state index contributed by atoms with van der Waals surface area (Å²) in [6.07, 6.45) is 4.61. The number of rotatable bonds is 10. The molecule has 0 aliphatic heterocycles. The van der Waals surface area contributed by atoms with Crippen LogP contribution in [-0.4, -0.2) is 31.6 Å². The molecule has 0 bridgehead atoms. The van der Waals surface area contributed by atoms with Gasteiger partial charge in [0.2, 0.25) is 0 Å². The lowest BCUT2D eigenvalue weighted by Gasteiger charge is -2.02. The van der Waals surface area contributed by atoms with Gasteiger partial charge in [0.25, 0.3) is 0 Å². The number of hydrogen-bond acceptors (Lipinski definition) is 5. The van der Waals surface area contributed by atoms with Crippen LogP contribution in [0.1, 0.15) is 140 Å². The van der Waals surface area contributed by atoms with E-state index in [0.29, 0.717) is 25.4 Å². The monoisotopic (exact) mass is 493 g/mol. The summed E-state index contributed by atoms with van der Waals surface area (Å²) in [6, 6.07) is 0. The molecule has 0 radical (unpaired) electrons. The lowest BCUT2D eigenvalue weighted by Crippen LogP contribution is -2.52. The second-order valence-corrected chi connectivity index (χ2v) is 6.07. The Morgan fingerprint density at radius 2 is 1.21 bits per heavy atom. The van der Waals surface area contributed by atoms with E-state index in [1.54, 1.807) is 0 Å². The fourth-order valence-corrected chi connectivity index (χ4v) is 1.13. The normalized spacial score (nSPS) is 8.70. The summed E-state index contributed by atoms with van der Waals surface area (Å²) in [5.41, 5.74) is 9.04. The number of hydrogen-bond donors (Lipinski definition) is 2. The van der Waals surface area contributed by atoms with Crippen LogP contribution in [0.5, 0.6) is 0 Å². The molecule has 0 heterocycles. The number of carboxylic acid groups (broad SMARTS) is 1. The van der Waals surface area contributed by atoms with Gasteiger partial charge in [0.1, 0.15) is 0 Å². The molecule has 33 heavy (non-hydrogen) atoms. The Morgan fingerprint density at radius 1 is 0.818 bits per heavy atom. The zero-order valence-corrected chi connectivity index (χ0v) is 16.4. The number of esters is 1. The van der Waals surface area contributed by atoms with Gasteiger partial charge in [0.05, 0.1) is 13.2 Å². The molecular formula is C27H76N2O4. The molecule has 0 aliphatic carbocycles. The van der Waals surface area contributed by atoms with Crippen molar-refractivity contribution in [3.8, 4) is 0 Å². The molecule has 0 saturated heterocycles. The van der Waals surface area contributed by atoms with E-state index < -0.39 is 5.97 Å². The van der Waals surface area contributed by atoms with Gasteiger partial charge in [-0.3, -0.25) is 4.79 Å². The number of ether oxygens (including phenoxy) is 1. The van der Waals surface area contributed by atoms with Gasteiger partial charge >= 0.3 is 5.97 Å². The highest BCUT2D eigenvalue weighted by molar-refractivity contribution is 5.65. The van der Waals surface area contributed by atoms with Crippen molar-refractivity contribution in [1.82, 2.24) is 0 Å². The molecule has 5 N–H and O–H groups in total. The number of unbranched alkanes of at least 4 members (excludes halogenated alkanes) is 2. The maximum absolute atomic E-state index is 10.3. The van der Waals surface area contributed by atoms with Crippen molar-refractivity contribution in [2.45, 2.75) is 140 Å². The summed E-state index contributed by atoms with van der Waals surface area (Å²) in [7, 11) is 0. The molecule has 0 amide bonds. The minimum Gasteiger partial charge on any atom is -0.550 e. The number of carbonyl (C=O) groups excluding carboxylic acids is 2. The molecule has 6 nitrogen and oxygen atoms in total. The molecule has 0 aromatic rings. The lowest BCUT2D eigenvalue weighted by atomic mass is 10.1. The van der Waals surface area contributed by atoms with Crippen LogP contribution in [0.25, 0.3) is 0 Å². The Labute approximate surface area is 214 Å². The number of quaternary nitrogens is 1. The minimum atomic E-state index is -1.03. The van der Waals surface area contributed by atoms with Crippen molar-refractivity contribution in [2.75, 3.05) is 19.7 Å². The summed E-state index contributed by atoms with van der Waals surface area (Å²) in [6.45, 7) is 12.3. The van der Waals surface area contributed by atoms with Gasteiger partial charge in [-0.05, 0) is 44.6 Å². The average Bonchev–Trinajstić information content (AvgIpc) is 2.57. The van der Waals surface area contributed by atoms with Crippen LogP contribution in [0.15, 0.2) is 0 Å². The number of nitrogens with two attached hydrogens (primary N) is 1. The zero-order chi connectivity index (χ0) is 19.4. The van der Waals surface area contributed by atoms with Crippen LogP contribution in [0.4, 0.5) is 0 Å². The molecule has 0 aromatic carbocycles. The summed E-state index contributed by atoms with van der Waals surface area (Å²) in [5.74, 6) is 0.215. The molecule has 218 valence electrons. The van der Waals surface area contributed by atoms with Crippen molar-refractivity contribution >= 4 is 11.9 Å². The van der Waals surface area contributed by atoms with E-state index in [0.717, 1.165) is 25.4 Å². The van der Waals surface area contributed by atoms with Crippen LogP contribution >= 0.6 is 0 Å². The second kappa shape index (κ2) is 63.2. The predicted octanol–water partition coefficient (Wildman–Crippen LogP) is 6.85. The average molecular weight is 493 g/mol. The molecule has 0 spiro atoms. The topological polar surface area (TPSA) is 120 Å². The minimum absolute atomic E-state index is 0. The Hall–Kier alpha value is -1.14. The molecule has 2 atom stereocenters. The summed E-state index contributed by atoms with van der Waals surface area (Å²) >= 11 is 0. The van der Waals surface area contributed by atoms with Crippen molar-refractivity contribution in [1.29, 1.82) is 0 Å². The second-order valence-electron chi connectivity index (χ2n) is 6.07. The standard InChI is InChI=1S/C8H14O4.2C5H13N.9CH4/c1-7(9)12-6-4-2-3-5-8(10)11;2*1-3-5(2)4-6;;;;;;;;;/h2-6H2,1H3,(H,10,11);2*5H,3-4,6H2,1-2H3;9*1H4. The van der Waals surface area contributed by atoms with Gasteiger partial charge < -0.3 is 26.1 Å². The third-order valence-corrected chi connectivity index (χ3v) is 3.62. The molecule has 2 unspecified atom stereocenters. The van der Waals surface area contributed by atoms with E-state index in [9.17, 15) is 14.7 Å². The maximum atomic E-state index is 10.3. The molecule has 0 rings (SSSR count). The molecular weight excluding hydrogens is 416 g/mol. The fraction of sp³-hybridized carbons (Fsp3) is 0.926. The molecule has 0 aromatic heterocycles. The van der Waals surface area contributed by atoms with E-state index >= 15 is 0 Å². The number of carbonyl (C=O) groups is 2. The first-order chi connectivity index (χ1) is 11.2. The lowest BCUT2D eigenvalue weighted by molar-refractivity contribution is -0.378. The van der Waals surface area contributed by atoms with E-state index in [4.69, 9.17) is 5.73 Å². The zero-order valence-electron chi connectivity index (χ0n) is 16.4. The van der Waals surface area contributed by atoms with Crippen molar-refractivity contribution in [2.24, 2.45) is 17.6 Å². The first kappa shape index (κ1) is 76.9. The highest BCUT2D eigenvalue weighted by atomic mass is 16.5. The third-order valence-electron chi connectivity index (χ3n) is 3.62. The van der Waals surface area contributed by atoms with Crippen molar-refractivity contribution < 1.29 is 25.2 Å². The maximum Gasteiger partial charge on any atom is 0.302 e. The summed E-state index contributed by atoms with van der Waals surface area (Å²) in [5, 5.41) is 9.94. The van der Waals surface area contributed by atoms with Crippen LogP contribution in [0.3, 0.4) is 0 Å². The summed E-state index contributed by atoms with van der Waals surface area (Å²) < 4.78 is 4.65. The molecule has 0 fully saturated rings. The van der Waals surface area contributed by atoms with Crippen LogP contribution < -0.4 is 16.6 Å². The van der Waals surface area contributed by atoms with Gasteiger partial charge in [-0.1, -0.05) is 101 Å². The van der Waals surface area contributed by atoms with E-state index in [1.807, 2.05) is 0 Å². The van der Waals surface area contributed by atoms with E-state index in [2.05, 4.69) is 38.2 Å². The Bertz CT molecular complexity index is 253.